The number of carbonyl (C=O) groups excluding carboxylic acids is 1. The molecule has 9 heteroatoms. The second kappa shape index (κ2) is 7.00. The third-order valence-corrected chi connectivity index (χ3v) is 4.36. The van der Waals surface area contributed by atoms with E-state index in [0.717, 1.165) is 0 Å². The molecule has 140 valence electrons. The highest BCUT2D eigenvalue weighted by Gasteiger charge is 2.33. The van der Waals surface area contributed by atoms with E-state index in [2.05, 4.69) is 10.3 Å². The van der Waals surface area contributed by atoms with Crippen LogP contribution in [0.2, 0.25) is 0 Å². The first-order chi connectivity index (χ1) is 13.5. The number of phenolic OH excluding ortho intramolecular Hbond substituents is 1. The monoisotopic (exact) mass is 379 g/mol. The van der Waals surface area contributed by atoms with Crippen LogP contribution in [0.1, 0.15) is 5.56 Å². The maximum atomic E-state index is 14.7. The summed E-state index contributed by atoms with van der Waals surface area (Å²) in [6, 6.07) is 10.4. The summed E-state index contributed by atoms with van der Waals surface area (Å²) in [5, 5.41) is 26.3. The lowest BCUT2D eigenvalue weighted by Gasteiger charge is -2.14. The van der Waals surface area contributed by atoms with Crippen molar-refractivity contribution in [2.75, 3.05) is 11.4 Å². The van der Waals surface area contributed by atoms with Crippen LogP contribution in [0, 0.1) is 17.1 Å². The van der Waals surface area contributed by atoms with Gasteiger partial charge in [-0.15, -0.1) is 5.10 Å². The fourth-order valence-corrected chi connectivity index (χ4v) is 3.10. The lowest BCUT2D eigenvalue weighted by atomic mass is 10.0. The first kappa shape index (κ1) is 17.5. The number of hydrogen-bond donors (Lipinski definition) is 1. The van der Waals surface area contributed by atoms with Gasteiger partial charge in [0, 0.05) is 11.8 Å². The summed E-state index contributed by atoms with van der Waals surface area (Å²) in [6.45, 7) is 0.602. The van der Waals surface area contributed by atoms with Crippen molar-refractivity contribution in [1.82, 2.24) is 15.0 Å². The van der Waals surface area contributed by atoms with Crippen LogP contribution in [0.25, 0.3) is 11.1 Å². The largest absolute Gasteiger partial charge is 0.508 e. The van der Waals surface area contributed by atoms with Crippen molar-refractivity contribution < 1.29 is 19.0 Å². The van der Waals surface area contributed by atoms with Gasteiger partial charge in [0.15, 0.2) is 0 Å². The number of rotatable bonds is 4. The van der Waals surface area contributed by atoms with E-state index in [-0.39, 0.29) is 23.4 Å². The molecule has 1 atom stereocenters. The number of cyclic esters (lactones) is 1. The molecule has 1 aliphatic heterocycles. The molecule has 8 nitrogen and oxygen atoms in total. The third kappa shape index (κ3) is 3.35. The molecule has 0 aliphatic carbocycles. The molecule has 0 bridgehead atoms. The van der Waals surface area contributed by atoms with Crippen LogP contribution in [-0.2, 0) is 11.3 Å². The fraction of sp³-hybridized carbons (Fsp3) is 0.158. The predicted octanol–water partition coefficient (Wildman–Crippen LogP) is 2.69. The Morgan fingerprint density at radius 3 is 2.89 bits per heavy atom. The van der Waals surface area contributed by atoms with E-state index in [9.17, 15) is 14.3 Å². The number of amides is 1. The van der Waals surface area contributed by atoms with Crippen molar-refractivity contribution in [3.63, 3.8) is 0 Å². The number of aromatic hydroxyl groups is 1. The van der Waals surface area contributed by atoms with Gasteiger partial charge in [0.1, 0.15) is 17.7 Å². The van der Waals surface area contributed by atoms with E-state index in [1.807, 2.05) is 6.07 Å². The van der Waals surface area contributed by atoms with E-state index < -0.39 is 18.0 Å². The average Bonchev–Trinajstić information content (AvgIpc) is 3.30. The number of hydrogen-bond acceptors (Lipinski definition) is 6. The molecule has 0 spiro atoms. The van der Waals surface area contributed by atoms with E-state index in [0.29, 0.717) is 17.8 Å². The van der Waals surface area contributed by atoms with Gasteiger partial charge in [-0.1, -0.05) is 5.21 Å². The lowest BCUT2D eigenvalue weighted by molar-refractivity contribution is 0.129. The van der Waals surface area contributed by atoms with Crippen molar-refractivity contribution in [2.24, 2.45) is 0 Å². The Balaban J connectivity index is 1.57. The zero-order valence-electron chi connectivity index (χ0n) is 14.5. The van der Waals surface area contributed by atoms with Crippen molar-refractivity contribution in [3.8, 4) is 22.9 Å². The molecule has 1 fully saturated rings. The molecule has 28 heavy (non-hydrogen) atoms. The van der Waals surface area contributed by atoms with Gasteiger partial charge in [0.05, 0.1) is 36.6 Å². The Hall–Kier alpha value is -3.93. The van der Waals surface area contributed by atoms with Crippen LogP contribution in [-0.4, -0.2) is 38.8 Å². The Morgan fingerprint density at radius 1 is 1.32 bits per heavy atom. The van der Waals surface area contributed by atoms with Gasteiger partial charge < -0.3 is 9.84 Å². The number of benzene rings is 2. The summed E-state index contributed by atoms with van der Waals surface area (Å²) >= 11 is 0. The smallest absolute Gasteiger partial charge is 0.414 e. The van der Waals surface area contributed by atoms with E-state index in [1.165, 1.54) is 41.4 Å². The summed E-state index contributed by atoms with van der Waals surface area (Å²) in [7, 11) is 0. The highest BCUT2D eigenvalue weighted by atomic mass is 19.1. The van der Waals surface area contributed by atoms with E-state index >= 15 is 0 Å². The molecule has 4 rings (SSSR count). The molecule has 3 aromatic rings. The topological polar surface area (TPSA) is 104 Å². The molecule has 0 radical (unpaired) electrons. The standard InChI is InChI=1S/C19H14FN5O3/c20-18-8-14(1-2-17(18)13-5-12(9-21)6-15(26)7-13)25-11-16(28-19(25)27)10-24-4-3-22-23-24/h1-8,16,26H,10-11H2/t16-/m0/s1. The number of anilines is 1. The second-order valence-corrected chi connectivity index (χ2v) is 6.29. The predicted molar refractivity (Wildman–Crippen MR) is 95.9 cm³/mol. The summed E-state index contributed by atoms with van der Waals surface area (Å²) in [5.74, 6) is -0.712. The first-order valence-electron chi connectivity index (χ1n) is 8.40. The maximum absolute atomic E-state index is 14.7. The van der Waals surface area contributed by atoms with Crippen LogP contribution in [0.15, 0.2) is 48.8 Å². The van der Waals surface area contributed by atoms with Crippen LogP contribution >= 0.6 is 0 Å². The lowest BCUT2D eigenvalue weighted by Crippen LogP contribution is -2.26. The average molecular weight is 379 g/mol. The quantitative estimate of drug-likeness (QED) is 0.747. The van der Waals surface area contributed by atoms with Crippen LogP contribution in [0.5, 0.6) is 5.75 Å². The molecule has 2 aromatic carbocycles. The first-order valence-corrected chi connectivity index (χ1v) is 8.40. The van der Waals surface area contributed by atoms with Crippen molar-refractivity contribution in [3.05, 3.63) is 60.2 Å². The molecule has 0 unspecified atom stereocenters. The zero-order chi connectivity index (χ0) is 19.7. The highest BCUT2D eigenvalue weighted by Crippen LogP contribution is 2.31. The molecule has 1 aliphatic rings. The number of nitriles is 1. The van der Waals surface area contributed by atoms with Gasteiger partial charge in [-0.3, -0.25) is 4.90 Å². The number of aromatic nitrogens is 3. The molecule has 1 N–H and O–H groups in total. The van der Waals surface area contributed by atoms with Gasteiger partial charge in [-0.05, 0) is 42.0 Å². The minimum absolute atomic E-state index is 0.128. The number of halogens is 1. The number of nitrogens with zero attached hydrogens (tertiary/aromatic N) is 5. The Morgan fingerprint density at radius 2 is 2.18 bits per heavy atom. The van der Waals surface area contributed by atoms with Crippen molar-refractivity contribution in [2.45, 2.75) is 12.6 Å². The summed E-state index contributed by atoms with van der Waals surface area (Å²) in [4.78, 5) is 13.5. The van der Waals surface area contributed by atoms with Crippen LogP contribution in [0.3, 0.4) is 0 Å². The van der Waals surface area contributed by atoms with Crippen molar-refractivity contribution >= 4 is 11.8 Å². The Labute approximate surface area is 159 Å². The molecule has 1 aromatic heterocycles. The maximum Gasteiger partial charge on any atom is 0.414 e. The molecular formula is C19H14FN5O3. The van der Waals surface area contributed by atoms with Crippen molar-refractivity contribution in [1.29, 1.82) is 5.26 Å². The molecule has 1 amide bonds. The molecule has 1 saturated heterocycles. The minimum Gasteiger partial charge on any atom is -0.508 e. The number of phenols is 1. The Bertz CT molecular complexity index is 1080. The Kier molecular flexibility index (Phi) is 4.37. The molecular weight excluding hydrogens is 365 g/mol. The normalized spacial score (nSPS) is 16.1. The van der Waals surface area contributed by atoms with Crippen LogP contribution in [0.4, 0.5) is 14.9 Å². The summed E-state index contributed by atoms with van der Waals surface area (Å²) < 4.78 is 21.6. The fourth-order valence-electron chi connectivity index (χ4n) is 3.10. The van der Waals surface area contributed by atoms with Gasteiger partial charge in [0.2, 0.25) is 0 Å². The minimum atomic E-state index is -0.584. The van der Waals surface area contributed by atoms with E-state index in [1.54, 1.807) is 16.9 Å². The SMILES string of the molecule is N#Cc1cc(O)cc(-c2ccc(N3C[C@H](Cn4ccnn4)OC3=O)cc2F)c1. The van der Waals surface area contributed by atoms with Gasteiger partial charge >= 0.3 is 6.09 Å². The van der Waals surface area contributed by atoms with Gasteiger partial charge in [0.25, 0.3) is 0 Å². The molecule has 0 saturated carbocycles. The summed E-state index contributed by atoms with van der Waals surface area (Å²) in [5.41, 5.74) is 1.15. The third-order valence-electron chi connectivity index (χ3n) is 4.36. The van der Waals surface area contributed by atoms with Crippen LogP contribution < -0.4 is 4.90 Å². The molecule has 2 heterocycles. The number of carbonyl (C=O) groups is 1. The van der Waals surface area contributed by atoms with Gasteiger partial charge in [-0.2, -0.15) is 5.26 Å². The number of ether oxygens (including phenoxy) is 1. The highest BCUT2D eigenvalue weighted by molar-refractivity contribution is 5.90. The zero-order valence-corrected chi connectivity index (χ0v) is 14.5. The second-order valence-electron chi connectivity index (χ2n) is 6.29. The summed E-state index contributed by atoms with van der Waals surface area (Å²) in [6.07, 6.45) is 2.19. The van der Waals surface area contributed by atoms with E-state index in [4.69, 9.17) is 10.00 Å². The van der Waals surface area contributed by atoms with Gasteiger partial charge in [-0.25, -0.2) is 13.9 Å².